The van der Waals surface area contributed by atoms with Crippen LogP contribution in [0.3, 0.4) is 0 Å². The molecule has 3 heteroatoms. The molecule has 0 bridgehead atoms. The fourth-order valence-corrected chi connectivity index (χ4v) is 2.12. The molecule has 0 aliphatic carbocycles. The zero-order chi connectivity index (χ0) is 13.1. The number of aliphatic hydroxyl groups is 2. The van der Waals surface area contributed by atoms with Crippen LogP contribution in [0, 0.1) is 0 Å². The van der Waals surface area contributed by atoms with Crippen LogP contribution in [0.25, 0.3) is 0 Å². The van der Waals surface area contributed by atoms with Gasteiger partial charge >= 0.3 is 0 Å². The average molecular weight is 245 g/mol. The van der Waals surface area contributed by atoms with Gasteiger partial charge in [0, 0.05) is 6.04 Å². The van der Waals surface area contributed by atoms with E-state index >= 15 is 0 Å². The largest absolute Gasteiger partial charge is 0.394 e. The molecule has 0 radical (unpaired) electrons. The summed E-state index contributed by atoms with van der Waals surface area (Å²) in [5, 5.41) is 22.1. The van der Waals surface area contributed by atoms with Gasteiger partial charge in [0.15, 0.2) is 0 Å². The van der Waals surface area contributed by atoms with E-state index in [9.17, 15) is 10.2 Å². The average Bonchev–Trinajstić information content (AvgIpc) is 2.36. The molecule has 0 amide bonds. The van der Waals surface area contributed by atoms with Crippen LogP contribution in [-0.2, 0) is 0 Å². The number of hydrogen-bond donors (Lipinski definition) is 3. The second-order valence-electron chi connectivity index (χ2n) is 5.20. The maximum atomic E-state index is 9.34. The van der Waals surface area contributed by atoms with Gasteiger partial charge in [-0.2, -0.15) is 0 Å². The third-order valence-corrected chi connectivity index (χ3v) is 3.58. The summed E-state index contributed by atoms with van der Waals surface area (Å²) >= 11 is 0. The maximum Gasteiger partial charge on any atom is 0.0647 e. The summed E-state index contributed by atoms with van der Waals surface area (Å²) in [6.07, 6.45) is 8.31. The van der Waals surface area contributed by atoms with Crippen molar-refractivity contribution in [3.8, 4) is 0 Å². The fraction of sp³-hybridized carbons (Fsp3) is 1.00. The van der Waals surface area contributed by atoms with E-state index in [2.05, 4.69) is 19.2 Å². The molecule has 0 aliphatic rings. The molecule has 0 heterocycles. The lowest BCUT2D eigenvalue weighted by Gasteiger charge is -2.33. The maximum absolute atomic E-state index is 9.34. The van der Waals surface area contributed by atoms with Crippen molar-refractivity contribution in [3.63, 3.8) is 0 Å². The molecule has 0 aromatic heterocycles. The highest BCUT2D eigenvalue weighted by molar-refractivity contribution is 4.87. The van der Waals surface area contributed by atoms with E-state index in [4.69, 9.17) is 0 Å². The van der Waals surface area contributed by atoms with Crippen LogP contribution < -0.4 is 5.32 Å². The van der Waals surface area contributed by atoms with Crippen molar-refractivity contribution in [1.82, 2.24) is 5.32 Å². The number of hydrogen-bond acceptors (Lipinski definition) is 3. The van der Waals surface area contributed by atoms with Crippen LogP contribution in [0.4, 0.5) is 0 Å². The predicted molar refractivity (Wildman–Crippen MR) is 73.2 cm³/mol. The summed E-state index contributed by atoms with van der Waals surface area (Å²) in [6, 6.07) is 0.357. The third kappa shape index (κ3) is 7.02. The van der Waals surface area contributed by atoms with Gasteiger partial charge in [-0.1, -0.05) is 46.0 Å². The van der Waals surface area contributed by atoms with Crippen molar-refractivity contribution in [3.05, 3.63) is 0 Å². The van der Waals surface area contributed by atoms with Gasteiger partial charge in [0.05, 0.1) is 18.8 Å². The summed E-state index contributed by atoms with van der Waals surface area (Å²) in [7, 11) is 0. The standard InChI is InChI=1S/C14H31NO2/c1-4-6-7-8-9-10-13(3)15-14(5-2,11-16)12-17/h13,15-17H,4-12H2,1-3H3. The first-order valence-corrected chi connectivity index (χ1v) is 7.13. The topological polar surface area (TPSA) is 52.5 Å². The highest BCUT2D eigenvalue weighted by Crippen LogP contribution is 2.13. The van der Waals surface area contributed by atoms with Gasteiger partial charge in [0.1, 0.15) is 0 Å². The SMILES string of the molecule is CCCCCCCC(C)NC(CC)(CO)CO. The molecular weight excluding hydrogens is 214 g/mol. The van der Waals surface area contributed by atoms with E-state index in [1.54, 1.807) is 0 Å². The van der Waals surface area contributed by atoms with Crippen LogP contribution in [-0.4, -0.2) is 35.0 Å². The van der Waals surface area contributed by atoms with E-state index in [-0.39, 0.29) is 13.2 Å². The molecule has 0 spiro atoms. The Morgan fingerprint density at radius 1 is 1.00 bits per heavy atom. The predicted octanol–water partition coefficient (Wildman–Crippen LogP) is 2.46. The highest BCUT2D eigenvalue weighted by atomic mass is 16.3. The second kappa shape index (κ2) is 9.86. The van der Waals surface area contributed by atoms with Crippen LogP contribution >= 0.6 is 0 Å². The molecule has 0 aliphatic heterocycles. The lowest BCUT2D eigenvalue weighted by Crippen LogP contribution is -2.54. The van der Waals surface area contributed by atoms with Crippen LogP contribution in [0.2, 0.25) is 0 Å². The zero-order valence-corrected chi connectivity index (χ0v) is 11.8. The Bertz CT molecular complexity index is 161. The van der Waals surface area contributed by atoms with Gasteiger partial charge in [0.2, 0.25) is 0 Å². The summed E-state index contributed by atoms with van der Waals surface area (Å²) < 4.78 is 0. The van der Waals surface area contributed by atoms with E-state index < -0.39 is 5.54 Å². The van der Waals surface area contributed by atoms with Gasteiger partial charge in [-0.05, 0) is 19.8 Å². The molecule has 0 rings (SSSR count). The number of aliphatic hydroxyl groups excluding tert-OH is 2. The summed E-state index contributed by atoms with van der Waals surface area (Å²) in [6.45, 7) is 6.35. The van der Waals surface area contributed by atoms with Crippen molar-refractivity contribution in [2.45, 2.75) is 77.3 Å². The number of nitrogens with one attached hydrogen (secondary N) is 1. The quantitative estimate of drug-likeness (QED) is 0.490. The molecule has 1 atom stereocenters. The highest BCUT2D eigenvalue weighted by Gasteiger charge is 2.27. The molecular formula is C14H31NO2. The van der Waals surface area contributed by atoms with E-state index in [1.807, 2.05) is 6.92 Å². The first kappa shape index (κ1) is 16.9. The minimum Gasteiger partial charge on any atom is -0.394 e. The molecule has 0 saturated carbocycles. The summed E-state index contributed by atoms with van der Waals surface area (Å²) in [4.78, 5) is 0. The van der Waals surface area contributed by atoms with Crippen molar-refractivity contribution in [1.29, 1.82) is 0 Å². The number of unbranched alkanes of at least 4 members (excludes halogenated alkanes) is 4. The van der Waals surface area contributed by atoms with Gasteiger partial charge < -0.3 is 15.5 Å². The third-order valence-electron chi connectivity index (χ3n) is 3.58. The van der Waals surface area contributed by atoms with E-state index in [0.29, 0.717) is 6.04 Å². The normalized spacial score (nSPS) is 13.9. The van der Waals surface area contributed by atoms with Gasteiger partial charge in [-0.3, -0.25) is 0 Å². The molecule has 0 aromatic rings. The Morgan fingerprint density at radius 2 is 1.59 bits per heavy atom. The molecule has 3 nitrogen and oxygen atoms in total. The van der Waals surface area contributed by atoms with Crippen LogP contribution in [0.1, 0.15) is 65.7 Å². The zero-order valence-electron chi connectivity index (χ0n) is 11.8. The van der Waals surface area contributed by atoms with Gasteiger partial charge in [-0.25, -0.2) is 0 Å². The Labute approximate surface area is 107 Å². The van der Waals surface area contributed by atoms with E-state index in [0.717, 1.165) is 12.8 Å². The molecule has 0 saturated heterocycles. The van der Waals surface area contributed by atoms with E-state index in [1.165, 1.54) is 32.1 Å². The first-order valence-electron chi connectivity index (χ1n) is 7.13. The Kier molecular flexibility index (Phi) is 9.79. The van der Waals surface area contributed by atoms with Crippen molar-refractivity contribution in [2.24, 2.45) is 0 Å². The Morgan fingerprint density at radius 3 is 2.06 bits per heavy atom. The Balaban J connectivity index is 3.79. The van der Waals surface area contributed by atoms with Crippen LogP contribution in [0.15, 0.2) is 0 Å². The second-order valence-corrected chi connectivity index (χ2v) is 5.20. The van der Waals surface area contributed by atoms with Crippen LogP contribution in [0.5, 0.6) is 0 Å². The van der Waals surface area contributed by atoms with Crippen molar-refractivity contribution >= 4 is 0 Å². The van der Waals surface area contributed by atoms with Crippen molar-refractivity contribution in [2.75, 3.05) is 13.2 Å². The summed E-state index contributed by atoms with van der Waals surface area (Å²) in [5.74, 6) is 0. The minimum atomic E-state index is -0.497. The lowest BCUT2D eigenvalue weighted by atomic mass is 9.96. The molecule has 104 valence electrons. The smallest absolute Gasteiger partial charge is 0.0647 e. The molecule has 1 unspecified atom stereocenters. The number of rotatable bonds is 11. The molecule has 3 N–H and O–H groups in total. The fourth-order valence-electron chi connectivity index (χ4n) is 2.12. The lowest BCUT2D eigenvalue weighted by molar-refractivity contribution is 0.0780. The summed E-state index contributed by atoms with van der Waals surface area (Å²) in [5.41, 5.74) is -0.497. The Hall–Kier alpha value is -0.120. The van der Waals surface area contributed by atoms with Crippen molar-refractivity contribution < 1.29 is 10.2 Å². The first-order chi connectivity index (χ1) is 8.14. The van der Waals surface area contributed by atoms with Gasteiger partial charge in [0.25, 0.3) is 0 Å². The molecule has 0 aromatic carbocycles. The molecule has 17 heavy (non-hydrogen) atoms. The van der Waals surface area contributed by atoms with Gasteiger partial charge in [-0.15, -0.1) is 0 Å². The monoisotopic (exact) mass is 245 g/mol. The minimum absolute atomic E-state index is 0.000173. The molecule has 0 fully saturated rings.